The van der Waals surface area contributed by atoms with Crippen LogP contribution in [-0.4, -0.2) is 16.5 Å². The number of nitriles is 1. The van der Waals surface area contributed by atoms with E-state index in [-0.39, 0.29) is 11.3 Å². The van der Waals surface area contributed by atoms with E-state index >= 15 is 0 Å². The molecule has 2 rings (SSSR count). The SMILES string of the molecule is N#Cc1cccc(NCCc2ccncc2)c1[N+](=O)[O-]. The minimum atomic E-state index is -0.534. The van der Waals surface area contributed by atoms with Crippen molar-refractivity contribution in [2.24, 2.45) is 0 Å². The summed E-state index contributed by atoms with van der Waals surface area (Å²) in [6, 6.07) is 10.3. The molecule has 0 unspecified atom stereocenters. The fourth-order valence-electron chi connectivity index (χ4n) is 1.86. The van der Waals surface area contributed by atoms with Gasteiger partial charge in [-0.1, -0.05) is 6.07 Å². The second kappa shape index (κ2) is 6.29. The summed E-state index contributed by atoms with van der Waals surface area (Å²) >= 11 is 0. The van der Waals surface area contributed by atoms with Crippen molar-refractivity contribution in [1.82, 2.24) is 4.98 Å². The first-order chi connectivity index (χ1) is 9.72. The number of nitro benzene ring substituents is 1. The number of anilines is 1. The van der Waals surface area contributed by atoms with E-state index in [1.807, 2.05) is 18.2 Å². The molecular weight excluding hydrogens is 256 g/mol. The molecule has 0 saturated carbocycles. The van der Waals surface area contributed by atoms with Crippen molar-refractivity contribution < 1.29 is 4.92 Å². The molecule has 0 saturated heterocycles. The number of pyridine rings is 1. The molecule has 0 spiro atoms. The smallest absolute Gasteiger partial charge is 0.309 e. The molecule has 6 nitrogen and oxygen atoms in total. The third kappa shape index (κ3) is 3.09. The number of nitro groups is 1. The van der Waals surface area contributed by atoms with Crippen LogP contribution in [0, 0.1) is 21.4 Å². The van der Waals surface area contributed by atoms with E-state index in [0.29, 0.717) is 12.2 Å². The first-order valence-corrected chi connectivity index (χ1v) is 6.02. The Balaban J connectivity index is 2.10. The van der Waals surface area contributed by atoms with Gasteiger partial charge in [0.1, 0.15) is 17.3 Å². The van der Waals surface area contributed by atoms with Crippen LogP contribution in [0.25, 0.3) is 0 Å². The lowest BCUT2D eigenvalue weighted by Crippen LogP contribution is -2.07. The van der Waals surface area contributed by atoms with Gasteiger partial charge in [-0.2, -0.15) is 5.26 Å². The molecule has 0 aliphatic carbocycles. The van der Waals surface area contributed by atoms with Crippen LogP contribution in [0.5, 0.6) is 0 Å². The molecule has 0 radical (unpaired) electrons. The molecule has 1 aromatic carbocycles. The van der Waals surface area contributed by atoms with Gasteiger partial charge in [-0.15, -0.1) is 0 Å². The average molecular weight is 268 g/mol. The Morgan fingerprint density at radius 2 is 2.05 bits per heavy atom. The third-order valence-electron chi connectivity index (χ3n) is 2.82. The standard InChI is InChI=1S/C14H12N4O2/c15-10-12-2-1-3-13(14(12)18(19)20)17-9-6-11-4-7-16-8-5-11/h1-5,7-8,17H,6,9H2. The van der Waals surface area contributed by atoms with Crippen molar-refractivity contribution in [2.75, 3.05) is 11.9 Å². The van der Waals surface area contributed by atoms with E-state index in [2.05, 4.69) is 10.3 Å². The summed E-state index contributed by atoms with van der Waals surface area (Å²) in [5, 5.41) is 23.0. The Morgan fingerprint density at radius 1 is 1.30 bits per heavy atom. The Hall–Kier alpha value is -2.94. The van der Waals surface area contributed by atoms with Crippen LogP contribution in [0.1, 0.15) is 11.1 Å². The summed E-state index contributed by atoms with van der Waals surface area (Å²) in [4.78, 5) is 14.4. The van der Waals surface area contributed by atoms with E-state index < -0.39 is 4.92 Å². The molecule has 0 aliphatic heterocycles. The summed E-state index contributed by atoms with van der Waals surface area (Å²) < 4.78 is 0. The lowest BCUT2D eigenvalue weighted by atomic mass is 10.1. The number of hydrogen-bond acceptors (Lipinski definition) is 5. The van der Waals surface area contributed by atoms with Gasteiger partial charge < -0.3 is 5.32 Å². The summed E-state index contributed by atoms with van der Waals surface area (Å²) in [5.74, 6) is 0. The highest BCUT2D eigenvalue weighted by Gasteiger charge is 2.18. The first-order valence-electron chi connectivity index (χ1n) is 6.02. The maximum Gasteiger partial charge on any atom is 0.309 e. The number of benzene rings is 1. The second-order valence-corrected chi connectivity index (χ2v) is 4.10. The highest BCUT2D eigenvalue weighted by Crippen LogP contribution is 2.27. The normalized spacial score (nSPS) is 9.75. The number of aromatic nitrogens is 1. The summed E-state index contributed by atoms with van der Waals surface area (Å²) in [6.07, 6.45) is 4.12. The summed E-state index contributed by atoms with van der Waals surface area (Å²) in [7, 11) is 0. The zero-order valence-electron chi connectivity index (χ0n) is 10.6. The highest BCUT2D eigenvalue weighted by molar-refractivity contribution is 5.68. The molecule has 6 heteroatoms. The van der Waals surface area contributed by atoms with Gasteiger partial charge in [0.15, 0.2) is 0 Å². The lowest BCUT2D eigenvalue weighted by molar-refractivity contribution is -0.384. The Bertz CT molecular complexity index is 650. The van der Waals surface area contributed by atoms with Gasteiger partial charge in [0, 0.05) is 18.9 Å². The lowest BCUT2D eigenvalue weighted by Gasteiger charge is -2.07. The van der Waals surface area contributed by atoms with Gasteiger partial charge in [0.2, 0.25) is 0 Å². The molecule has 0 fully saturated rings. The zero-order chi connectivity index (χ0) is 14.4. The highest BCUT2D eigenvalue weighted by atomic mass is 16.6. The van der Waals surface area contributed by atoms with Gasteiger partial charge in [0.25, 0.3) is 0 Å². The van der Waals surface area contributed by atoms with Crippen LogP contribution in [0.2, 0.25) is 0 Å². The minimum Gasteiger partial charge on any atom is -0.379 e. The van der Waals surface area contributed by atoms with Gasteiger partial charge in [-0.3, -0.25) is 15.1 Å². The molecule has 0 bridgehead atoms. The second-order valence-electron chi connectivity index (χ2n) is 4.10. The topological polar surface area (TPSA) is 91.8 Å². The van der Waals surface area contributed by atoms with Crippen LogP contribution in [0.3, 0.4) is 0 Å². The molecule has 0 amide bonds. The van der Waals surface area contributed by atoms with Crippen LogP contribution < -0.4 is 5.32 Å². The third-order valence-corrected chi connectivity index (χ3v) is 2.82. The Labute approximate surface area is 115 Å². The number of nitrogens with one attached hydrogen (secondary N) is 1. The molecule has 1 heterocycles. The predicted molar refractivity (Wildman–Crippen MR) is 74.2 cm³/mol. The fraction of sp³-hybridized carbons (Fsp3) is 0.143. The van der Waals surface area contributed by atoms with Gasteiger partial charge >= 0.3 is 5.69 Å². The minimum absolute atomic E-state index is 0.0592. The fourth-order valence-corrected chi connectivity index (χ4v) is 1.86. The average Bonchev–Trinajstić information content (AvgIpc) is 2.47. The largest absolute Gasteiger partial charge is 0.379 e. The maximum atomic E-state index is 11.0. The van der Waals surface area contributed by atoms with Gasteiger partial charge in [-0.25, -0.2) is 0 Å². The van der Waals surface area contributed by atoms with Crippen LogP contribution in [0.4, 0.5) is 11.4 Å². The molecular formula is C14H12N4O2. The Morgan fingerprint density at radius 3 is 2.70 bits per heavy atom. The van der Waals surface area contributed by atoms with E-state index in [4.69, 9.17) is 5.26 Å². The molecule has 0 atom stereocenters. The van der Waals surface area contributed by atoms with E-state index in [1.165, 1.54) is 6.07 Å². The number of nitrogens with zero attached hydrogens (tertiary/aromatic N) is 3. The number of para-hydroxylation sites is 1. The maximum absolute atomic E-state index is 11.0. The number of rotatable bonds is 5. The summed E-state index contributed by atoms with van der Waals surface area (Å²) in [6.45, 7) is 0.541. The van der Waals surface area contributed by atoms with Crippen molar-refractivity contribution in [3.05, 3.63) is 64.0 Å². The van der Waals surface area contributed by atoms with Crippen molar-refractivity contribution in [2.45, 2.75) is 6.42 Å². The van der Waals surface area contributed by atoms with E-state index in [0.717, 1.165) is 12.0 Å². The van der Waals surface area contributed by atoms with Crippen molar-refractivity contribution in [3.63, 3.8) is 0 Å². The molecule has 100 valence electrons. The van der Waals surface area contributed by atoms with Crippen molar-refractivity contribution in [3.8, 4) is 6.07 Å². The van der Waals surface area contributed by atoms with Crippen LogP contribution in [-0.2, 0) is 6.42 Å². The van der Waals surface area contributed by atoms with Gasteiger partial charge in [0.05, 0.1) is 4.92 Å². The van der Waals surface area contributed by atoms with Crippen molar-refractivity contribution >= 4 is 11.4 Å². The quantitative estimate of drug-likeness (QED) is 0.664. The monoisotopic (exact) mass is 268 g/mol. The number of hydrogen-bond donors (Lipinski definition) is 1. The van der Waals surface area contributed by atoms with Gasteiger partial charge in [-0.05, 0) is 36.2 Å². The van der Waals surface area contributed by atoms with E-state index in [9.17, 15) is 10.1 Å². The van der Waals surface area contributed by atoms with E-state index in [1.54, 1.807) is 24.5 Å². The molecule has 1 N–H and O–H groups in total. The molecule has 1 aromatic heterocycles. The molecule has 2 aromatic rings. The first kappa shape index (κ1) is 13.5. The molecule has 20 heavy (non-hydrogen) atoms. The molecule has 0 aliphatic rings. The van der Waals surface area contributed by atoms with Crippen molar-refractivity contribution in [1.29, 1.82) is 5.26 Å². The predicted octanol–water partition coefficient (Wildman–Crippen LogP) is 2.52. The summed E-state index contributed by atoms with van der Waals surface area (Å²) in [5.41, 5.74) is 1.34. The Kier molecular flexibility index (Phi) is 4.24. The zero-order valence-corrected chi connectivity index (χ0v) is 10.6. The van der Waals surface area contributed by atoms with Crippen LogP contribution in [0.15, 0.2) is 42.7 Å². The van der Waals surface area contributed by atoms with Crippen LogP contribution >= 0.6 is 0 Å².